The standard InChI is InChI=1S/C17H19NO4S/c1-12-3-4-15(13(2)9-12)21-7-6-18-16(19)10-22-17(20)14-5-8-23-11-14/h3-5,8-9,11H,6-7,10H2,1-2H3,(H,18,19). The number of thiophene rings is 1. The van der Waals surface area contributed by atoms with Crippen LogP contribution in [0, 0.1) is 13.8 Å². The van der Waals surface area contributed by atoms with Crippen LogP contribution in [-0.4, -0.2) is 31.6 Å². The highest BCUT2D eigenvalue weighted by Crippen LogP contribution is 2.18. The maximum Gasteiger partial charge on any atom is 0.339 e. The molecule has 1 aromatic heterocycles. The molecule has 0 atom stereocenters. The average Bonchev–Trinajstić information content (AvgIpc) is 3.05. The fraction of sp³-hybridized carbons (Fsp3) is 0.294. The van der Waals surface area contributed by atoms with Gasteiger partial charge in [0.05, 0.1) is 12.1 Å². The molecule has 0 aliphatic rings. The molecule has 0 fully saturated rings. The zero-order valence-corrected chi connectivity index (χ0v) is 13.9. The summed E-state index contributed by atoms with van der Waals surface area (Å²) in [7, 11) is 0. The first-order valence-corrected chi connectivity index (χ1v) is 8.16. The number of ether oxygens (including phenoxy) is 2. The van der Waals surface area contributed by atoms with Crippen molar-refractivity contribution in [3.05, 3.63) is 51.7 Å². The summed E-state index contributed by atoms with van der Waals surface area (Å²) in [5.74, 6) is -0.0422. The van der Waals surface area contributed by atoms with Crippen LogP contribution in [0.1, 0.15) is 21.5 Å². The van der Waals surface area contributed by atoms with E-state index in [1.165, 1.54) is 16.9 Å². The number of esters is 1. The van der Waals surface area contributed by atoms with Crippen LogP contribution in [0.3, 0.4) is 0 Å². The van der Waals surface area contributed by atoms with Crippen molar-refractivity contribution < 1.29 is 19.1 Å². The van der Waals surface area contributed by atoms with Crippen molar-refractivity contribution in [2.75, 3.05) is 19.8 Å². The number of rotatable bonds is 7. The molecular weight excluding hydrogens is 314 g/mol. The van der Waals surface area contributed by atoms with Gasteiger partial charge in [-0.25, -0.2) is 4.79 Å². The number of carbonyl (C=O) groups is 2. The molecule has 2 rings (SSSR count). The Morgan fingerprint density at radius 3 is 2.74 bits per heavy atom. The van der Waals surface area contributed by atoms with Crippen LogP contribution in [0.15, 0.2) is 35.0 Å². The Kier molecular flexibility index (Phi) is 6.17. The Morgan fingerprint density at radius 1 is 1.22 bits per heavy atom. The minimum atomic E-state index is -0.493. The van der Waals surface area contributed by atoms with Crippen LogP contribution in [0.2, 0.25) is 0 Å². The Morgan fingerprint density at radius 2 is 2.04 bits per heavy atom. The SMILES string of the molecule is Cc1ccc(OCCNC(=O)COC(=O)c2ccsc2)c(C)c1. The van der Waals surface area contributed by atoms with Crippen LogP contribution in [-0.2, 0) is 9.53 Å². The van der Waals surface area contributed by atoms with Crippen molar-refractivity contribution in [2.45, 2.75) is 13.8 Å². The van der Waals surface area contributed by atoms with Gasteiger partial charge in [-0.3, -0.25) is 4.79 Å². The number of hydrogen-bond donors (Lipinski definition) is 1. The lowest BCUT2D eigenvalue weighted by atomic mass is 10.1. The second-order valence-electron chi connectivity index (χ2n) is 5.06. The predicted octanol–water partition coefficient (Wildman–Crippen LogP) is 2.72. The van der Waals surface area contributed by atoms with E-state index in [1.54, 1.807) is 16.8 Å². The minimum Gasteiger partial charge on any atom is -0.491 e. The van der Waals surface area contributed by atoms with Crippen molar-refractivity contribution in [3.8, 4) is 5.75 Å². The predicted molar refractivity (Wildman–Crippen MR) is 89.0 cm³/mol. The lowest BCUT2D eigenvalue weighted by Crippen LogP contribution is -2.32. The highest BCUT2D eigenvalue weighted by molar-refractivity contribution is 7.08. The zero-order chi connectivity index (χ0) is 16.7. The summed E-state index contributed by atoms with van der Waals surface area (Å²) in [5, 5.41) is 6.10. The van der Waals surface area contributed by atoms with Gasteiger partial charge in [0, 0.05) is 5.38 Å². The lowest BCUT2D eigenvalue weighted by Gasteiger charge is -2.10. The van der Waals surface area contributed by atoms with E-state index in [1.807, 2.05) is 32.0 Å². The normalized spacial score (nSPS) is 10.2. The molecule has 1 heterocycles. The van der Waals surface area contributed by atoms with Gasteiger partial charge in [-0.05, 0) is 36.9 Å². The van der Waals surface area contributed by atoms with Gasteiger partial charge in [-0.1, -0.05) is 17.7 Å². The molecule has 0 saturated heterocycles. The quantitative estimate of drug-likeness (QED) is 0.625. The van der Waals surface area contributed by atoms with E-state index >= 15 is 0 Å². The average molecular weight is 333 g/mol. The Labute approximate surface area is 139 Å². The van der Waals surface area contributed by atoms with Crippen LogP contribution in [0.5, 0.6) is 5.75 Å². The summed E-state index contributed by atoms with van der Waals surface area (Å²) in [6.45, 7) is 4.41. The van der Waals surface area contributed by atoms with Gasteiger partial charge < -0.3 is 14.8 Å². The fourth-order valence-electron chi connectivity index (χ4n) is 1.96. The van der Waals surface area contributed by atoms with E-state index in [0.29, 0.717) is 18.7 Å². The second-order valence-corrected chi connectivity index (χ2v) is 5.84. The molecule has 122 valence electrons. The molecule has 1 N–H and O–H groups in total. The van der Waals surface area contributed by atoms with Crippen molar-refractivity contribution in [3.63, 3.8) is 0 Å². The molecular formula is C17H19NO4S. The lowest BCUT2D eigenvalue weighted by molar-refractivity contribution is -0.124. The van der Waals surface area contributed by atoms with Gasteiger partial charge in [0.2, 0.25) is 0 Å². The summed E-state index contributed by atoms with van der Waals surface area (Å²) in [6.07, 6.45) is 0. The molecule has 1 aromatic carbocycles. The monoisotopic (exact) mass is 333 g/mol. The first kappa shape index (κ1) is 17.0. The molecule has 2 aromatic rings. The van der Waals surface area contributed by atoms with Crippen molar-refractivity contribution in [1.82, 2.24) is 5.32 Å². The highest BCUT2D eigenvalue weighted by Gasteiger charge is 2.10. The van der Waals surface area contributed by atoms with Crippen molar-refractivity contribution in [1.29, 1.82) is 0 Å². The van der Waals surface area contributed by atoms with E-state index in [4.69, 9.17) is 9.47 Å². The van der Waals surface area contributed by atoms with Gasteiger partial charge in [0.1, 0.15) is 12.4 Å². The molecule has 5 nitrogen and oxygen atoms in total. The zero-order valence-electron chi connectivity index (χ0n) is 13.1. The molecule has 0 aliphatic carbocycles. The summed E-state index contributed by atoms with van der Waals surface area (Å²) < 4.78 is 10.5. The third-order valence-corrected chi connectivity index (χ3v) is 3.79. The maximum atomic E-state index is 11.6. The van der Waals surface area contributed by atoms with Gasteiger partial charge in [0.15, 0.2) is 6.61 Å². The van der Waals surface area contributed by atoms with E-state index in [0.717, 1.165) is 11.3 Å². The molecule has 0 aliphatic heterocycles. The number of hydrogen-bond acceptors (Lipinski definition) is 5. The van der Waals surface area contributed by atoms with E-state index in [9.17, 15) is 9.59 Å². The van der Waals surface area contributed by atoms with Gasteiger partial charge in [0.25, 0.3) is 5.91 Å². The van der Waals surface area contributed by atoms with Crippen molar-refractivity contribution in [2.24, 2.45) is 0 Å². The third-order valence-electron chi connectivity index (χ3n) is 3.10. The molecule has 0 spiro atoms. The van der Waals surface area contributed by atoms with Crippen LogP contribution in [0.4, 0.5) is 0 Å². The molecule has 23 heavy (non-hydrogen) atoms. The summed E-state index contributed by atoms with van der Waals surface area (Å²) in [4.78, 5) is 23.2. The van der Waals surface area contributed by atoms with Gasteiger partial charge in [-0.2, -0.15) is 11.3 Å². The molecule has 0 saturated carbocycles. The topological polar surface area (TPSA) is 64.6 Å². The van der Waals surface area contributed by atoms with E-state index in [-0.39, 0.29) is 12.5 Å². The molecule has 0 radical (unpaired) electrons. The molecule has 0 unspecified atom stereocenters. The summed E-state index contributed by atoms with van der Waals surface area (Å²) in [5.41, 5.74) is 2.69. The van der Waals surface area contributed by atoms with Crippen LogP contribution >= 0.6 is 11.3 Å². The maximum absolute atomic E-state index is 11.6. The highest BCUT2D eigenvalue weighted by atomic mass is 32.1. The molecule has 1 amide bonds. The number of aryl methyl sites for hydroxylation is 2. The van der Waals surface area contributed by atoms with Crippen LogP contribution in [0.25, 0.3) is 0 Å². The molecule has 6 heteroatoms. The van der Waals surface area contributed by atoms with E-state index < -0.39 is 5.97 Å². The smallest absolute Gasteiger partial charge is 0.339 e. The van der Waals surface area contributed by atoms with E-state index in [2.05, 4.69) is 5.32 Å². The fourth-order valence-corrected chi connectivity index (χ4v) is 2.58. The first-order valence-electron chi connectivity index (χ1n) is 7.22. The van der Waals surface area contributed by atoms with Crippen molar-refractivity contribution >= 4 is 23.2 Å². The summed E-state index contributed by atoms with van der Waals surface area (Å²) >= 11 is 1.40. The van der Waals surface area contributed by atoms with Gasteiger partial charge >= 0.3 is 5.97 Å². The first-order chi connectivity index (χ1) is 11.1. The Balaban J connectivity index is 1.64. The second kappa shape index (κ2) is 8.33. The minimum absolute atomic E-state index is 0.293. The number of amides is 1. The summed E-state index contributed by atoms with van der Waals surface area (Å²) in [6, 6.07) is 7.58. The largest absolute Gasteiger partial charge is 0.491 e. The third kappa shape index (κ3) is 5.41. The van der Waals surface area contributed by atoms with Crippen LogP contribution < -0.4 is 10.1 Å². The Hall–Kier alpha value is -2.34. The molecule has 0 bridgehead atoms. The number of nitrogens with one attached hydrogen (secondary N) is 1. The number of benzene rings is 1. The van der Waals surface area contributed by atoms with Gasteiger partial charge in [-0.15, -0.1) is 0 Å². The Bertz CT molecular complexity index is 667. The number of carbonyl (C=O) groups excluding carboxylic acids is 2.